The van der Waals surface area contributed by atoms with E-state index in [9.17, 15) is 19.8 Å². The van der Waals surface area contributed by atoms with Crippen molar-refractivity contribution in [2.45, 2.75) is 13.8 Å². The molecule has 40 heavy (non-hydrogen) atoms. The number of aryl methyl sites for hydroxylation is 2. The summed E-state index contributed by atoms with van der Waals surface area (Å²) in [5.74, 6) is -2.17. The van der Waals surface area contributed by atoms with E-state index in [-0.39, 0.29) is 11.1 Å². The maximum absolute atomic E-state index is 12.4. The highest BCUT2D eigenvalue weighted by atomic mass is 32.1. The molecule has 1 aromatic carbocycles. The van der Waals surface area contributed by atoms with Crippen molar-refractivity contribution in [2.24, 2.45) is 0 Å². The molecule has 2 N–H and O–H groups in total. The molecule has 0 aliphatic carbocycles. The molecule has 0 aliphatic heterocycles. The van der Waals surface area contributed by atoms with Crippen molar-refractivity contribution >= 4 is 98.8 Å². The van der Waals surface area contributed by atoms with Crippen molar-refractivity contribution in [3.05, 3.63) is 81.5 Å². The van der Waals surface area contributed by atoms with Crippen LogP contribution in [0.5, 0.6) is 0 Å². The van der Waals surface area contributed by atoms with Gasteiger partial charge in [-0.3, -0.25) is 0 Å². The molecule has 10 heteroatoms. The molecule has 0 bridgehead atoms. The second-order valence-corrected chi connectivity index (χ2v) is 16.2. The van der Waals surface area contributed by atoms with Gasteiger partial charge in [0.1, 0.15) is 0 Å². The van der Waals surface area contributed by atoms with Crippen LogP contribution < -0.4 is 0 Å². The van der Waals surface area contributed by atoms with Crippen molar-refractivity contribution in [1.82, 2.24) is 0 Å². The van der Waals surface area contributed by atoms with Gasteiger partial charge in [0.25, 0.3) is 0 Å². The molecule has 6 heterocycles. The molecule has 6 aromatic heterocycles. The summed E-state index contributed by atoms with van der Waals surface area (Å²) in [5, 5.41) is 20.3. The largest absolute Gasteiger partial charge is 0.478 e. The first kappa shape index (κ1) is 25.8. The van der Waals surface area contributed by atoms with E-state index in [4.69, 9.17) is 0 Å². The van der Waals surface area contributed by atoms with Gasteiger partial charge in [0.15, 0.2) is 0 Å². The fourth-order valence-corrected chi connectivity index (χ4v) is 11.6. The number of rotatable bonds is 6. The number of benzene rings is 1. The second kappa shape index (κ2) is 9.76. The van der Waals surface area contributed by atoms with Crippen LogP contribution in [0.15, 0.2) is 60.7 Å². The quantitative estimate of drug-likeness (QED) is 0.191. The zero-order valence-electron chi connectivity index (χ0n) is 20.9. The summed E-state index contributed by atoms with van der Waals surface area (Å²) in [7, 11) is 0. The van der Waals surface area contributed by atoms with Gasteiger partial charge in [-0.1, -0.05) is 0 Å². The summed E-state index contributed by atoms with van der Waals surface area (Å²) in [4.78, 5) is 33.2. The fraction of sp³-hybridized carbons (Fsp3) is 0.0667. The number of hydrogen-bond donors (Lipinski definition) is 2. The molecule has 7 rings (SSSR count). The predicted molar refractivity (Wildman–Crippen MR) is 174 cm³/mol. The maximum Gasteiger partial charge on any atom is 0.336 e. The zero-order valence-corrected chi connectivity index (χ0v) is 25.8. The Bertz CT molecular complexity index is 1890. The van der Waals surface area contributed by atoms with Crippen LogP contribution in [0.25, 0.3) is 59.2 Å². The van der Waals surface area contributed by atoms with Crippen molar-refractivity contribution in [2.75, 3.05) is 0 Å². The van der Waals surface area contributed by atoms with Crippen LogP contribution in [0.3, 0.4) is 0 Å². The van der Waals surface area contributed by atoms with Gasteiger partial charge in [-0.05, 0) is 74.5 Å². The van der Waals surface area contributed by atoms with Crippen LogP contribution in [0, 0.1) is 13.8 Å². The number of aromatic carboxylic acids is 2. The van der Waals surface area contributed by atoms with Gasteiger partial charge in [0.2, 0.25) is 0 Å². The Hall–Kier alpha value is -3.12. The fourth-order valence-electron chi connectivity index (χ4n) is 4.75. The van der Waals surface area contributed by atoms with Gasteiger partial charge in [-0.25, -0.2) is 9.59 Å². The minimum atomic E-state index is -1.08. The Labute approximate surface area is 252 Å². The molecular formula is C30H18O4S6. The Morgan fingerprint density at radius 3 is 1.23 bits per heavy atom. The molecule has 4 nitrogen and oxygen atoms in total. The lowest BCUT2D eigenvalue weighted by atomic mass is 9.96. The van der Waals surface area contributed by atoms with Crippen molar-refractivity contribution < 1.29 is 19.8 Å². The van der Waals surface area contributed by atoms with Gasteiger partial charge in [0.05, 0.1) is 11.1 Å². The van der Waals surface area contributed by atoms with Gasteiger partial charge in [-0.15, -0.1) is 68.0 Å². The lowest BCUT2D eigenvalue weighted by molar-refractivity contribution is 0.0682. The number of hydrogen-bond acceptors (Lipinski definition) is 8. The normalized spacial score (nSPS) is 11.7. The van der Waals surface area contributed by atoms with Crippen molar-refractivity contribution in [3.8, 4) is 40.4 Å². The first-order chi connectivity index (χ1) is 19.2. The molecule has 0 saturated carbocycles. The third-order valence-electron chi connectivity index (χ3n) is 6.51. The van der Waals surface area contributed by atoms with Gasteiger partial charge < -0.3 is 10.2 Å². The van der Waals surface area contributed by atoms with Crippen molar-refractivity contribution in [1.29, 1.82) is 0 Å². The topological polar surface area (TPSA) is 74.6 Å². The summed E-state index contributed by atoms with van der Waals surface area (Å²) >= 11 is 9.91. The van der Waals surface area contributed by atoms with E-state index in [0.29, 0.717) is 11.1 Å². The average Bonchev–Trinajstić information content (AvgIpc) is 3.71. The molecule has 0 fully saturated rings. The van der Waals surface area contributed by atoms with E-state index >= 15 is 0 Å². The van der Waals surface area contributed by atoms with E-state index in [1.165, 1.54) is 63.4 Å². The number of carbonyl (C=O) groups is 2. The first-order valence-electron chi connectivity index (χ1n) is 12.1. The highest BCUT2D eigenvalue weighted by Crippen LogP contribution is 2.46. The van der Waals surface area contributed by atoms with E-state index < -0.39 is 11.9 Å². The molecule has 7 aromatic rings. The average molecular weight is 635 g/mol. The number of carboxylic acid groups (broad SMARTS) is 2. The van der Waals surface area contributed by atoms with E-state index in [1.807, 2.05) is 24.3 Å². The molecule has 0 spiro atoms. The van der Waals surface area contributed by atoms with Crippen LogP contribution in [0.2, 0.25) is 0 Å². The summed E-state index contributed by atoms with van der Waals surface area (Å²) in [6.07, 6.45) is 0. The molecule has 0 atom stereocenters. The van der Waals surface area contributed by atoms with E-state index in [2.05, 4.69) is 38.1 Å². The van der Waals surface area contributed by atoms with Crippen LogP contribution in [-0.4, -0.2) is 22.2 Å². The Morgan fingerprint density at radius 1 is 0.475 bits per heavy atom. The number of thiophene rings is 6. The smallest absolute Gasteiger partial charge is 0.336 e. The maximum atomic E-state index is 12.4. The van der Waals surface area contributed by atoms with Crippen LogP contribution >= 0.6 is 68.0 Å². The van der Waals surface area contributed by atoms with Crippen LogP contribution in [-0.2, 0) is 0 Å². The van der Waals surface area contributed by atoms with Crippen molar-refractivity contribution in [3.63, 3.8) is 0 Å². The molecule has 0 unspecified atom stereocenters. The van der Waals surface area contributed by atoms with Crippen LogP contribution in [0.1, 0.15) is 30.5 Å². The zero-order chi connectivity index (χ0) is 27.7. The van der Waals surface area contributed by atoms with Gasteiger partial charge >= 0.3 is 11.9 Å². The number of fused-ring (bicyclic) bond motifs is 2. The lowest BCUT2D eigenvalue weighted by Gasteiger charge is -2.11. The number of carboxylic acids is 2. The summed E-state index contributed by atoms with van der Waals surface area (Å²) in [6, 6.07) is 19.5. The van der Waals surface area contributed by atoms with Crippen LogP contribution in [0.4, 0.5) is 0 Å². The minimum Gasteiger partial charge on any atom is -0.478 e. The Morgan fingerprint density at radius 2 is 0.850 bits per heavy atom. The minimum absolute atomic E-state index is 0.0956. The molecular weight excluding hydrogens is 617 g/mol. The highest BCUT2D eigenvalue weighted by Gasteiger charge is 2.23. The summed E-state index contributed by atoms with van der Waals surface area (Å²) in [5.41, 5.74) is 1.03. The highest BCUT2D eigenvalue weighted by molar-refractivity contribution is 7.32. The molecule has 198 valence electrons. The van der Waals surface area contributed by atoms with Gasteiger partial charge in [-0.2, -0.15) is 0 Å². The van der Waals surface area contributed by atoms with E-state index in [0.717, 1.165) is 29.3 Å². The first-order valence-corrected chi connectivity index (χ1v) is 17.0. The molecule has 0 radical (unpaired) electrons. The molecule has 0 amide bonds. The SMILES string of the molecule is Cc1cc2sc(-c3ccc(-c4cc(C(=O)O)c(-c5ccc(-c6cc7sc(C)cc7s6)s5)cc4C(=O)O)s3)cc2s1. The Balaban J connectivity index is 1.30. The van der Waals surface area contributed by atoms with E-state index in [1.54, 1.807) is 45.3 Å². The van der Waals surface area contributed by atoms with Gasteiger partial charge in [0, 0.05) is 68.9 Å². The second-order valence-electron chi connectivity index (χ2n) is 9.27. The third kappa shape index (κ3) is 4.45. The lowest BCUT2D eigenvalue weighted by Crippen LogP contribution is -2.05. The monoisotopic (exact) mass is 634 g/mol. The summed E-state index contributed by atoms with van der Waals surface area (Å²) in [6.45, 7) is 4.19. The third-order valence-corrected chi connectivity index (χ3v) is 13.6. The standard InChI is InChI=1S/C30H18O4S6/c1-13-7-23-27(35-13)11-25(39-23)21-5-3-19(37-21)15-9-18(30(33)34)16(10-17(15)29(31)32)20-4-6-22(38-20)26-12-28-24(40-26)8-14(2)36-28/h3-12H,1-2H3,(H,31,32)(H,33,34). The molecule has 0 saturated heterocycles. The Kier molecular flexibility index (Phi) is 6.30. The molecule has 0 aliphatic rings. The summed E-state index contributed by atoms with van der Waals surface area (Å²) < 4.78 is 4.96. The predicted octanol–water partition coefficient (Wildman–Crippen LogP) is 11.0.